The molecule has 0 heterocycles. The number of ether oxygens (including phenoxy) is 2. The Hall–Kier alpha value is -1.55. The molecule has 1 fully saturated rings. The minimum atomic E-state index is -0.678. The third-order valence-electron chi connectivity index (χ3n) is 4.74. The molecule has 1 N–H and O–H groups in total. The first kappa shape index (κ1) is 17.8. The lowest BCUT2D eigenvalue weighted by Crippen LogP contribution is -2.44. The molecule has 0 aliphatic heterocycles. The third-order valence-corrected chi connectivity index (χ3v) is 4.74. The first-order valence-electron chi connectivity index (χ1n) is 8.73. The first-order valence-corrected chi connectivity index (χ1v) is 8.73. The van der Waals surface area contributed by atoms with E-state index in [0.717, 1.165) is 43.5 Å². The normalized spacial score (nSPS) is 18.7. The predicted molar refractivity (Wildman–Crippen MR) is 92.9 cm³/mol. The summed E-state index contributed by atoms with van der Waals surface area (Å²) >= 11 is 0. The molecule has 4 heteroatoms. The van der Waals surface area contributed by atoms with E-state index in [-0.39, 0.29) is 12.0 Å². The summed E-state index contributed by atoms with van der Waals surface area (Å²) in [4.78, 5) is 12.7. The van der Waals surface area contributed by atoms with Crippen molar-refractivity contribution in [3.63, 3.8) is 0 Å². The summed E-state index contributed by atoms with van der Waals surface area (Å²) in [6.45, 7) is 4.14. The second-order valence-electron chi connectivity index (χ2n) is 6.43. The van der Waals surface area contributed by atoms with Gasteiger partial charge in [0.25, 0.3) is 5.91 Å². The zero-order valence-electron chi connectivity index (χ0n) is 14.6. The molecule has 1 amide bonds. The Morgan fingerprint density at radius 3 is 2.30 bits per heavy atom. The van der Waals surface area contributed by atoms with E-state index in [4.69, 9.17) is 9.47 Å². The van der Waals surface area contributed by atoms with Crippen LogP contribution in [0.1, 0.15) is 58.8 Å². The van der Waals surface area contributed by atoms with Crippen LogP contribution in [0.25, 0.3) is 0 Å². The van der Waals surface area contributed by atoms with Gasteiger partial charge in [-0.3, -0.25) is 4.79 Å². The van der Waals surface area contributed by atoms with E-state index in [1.165, 1.54) is 12.8 Å². The van der Waals surface area contributed by atoms with Crippen LogP contribution in [-0.4, -0.2) is 24.7 Å². The van der Waals surface area contributed by atoms with Crippen molar-refractivity contribution in [2.24, 2.45) is 0 Å². The fourth-order valence-corrected chi connectivity index (χ4v) is 3.00. The average Bonchev–Trinajstić information content (AvgIpc) is 2.83. The van der Waals surface area contributed by atoms with Gasteiger partial charge in [0.2, 0.25) is 0 Å². The van der Waals surface area contributed by atoms with Crippen LogP contribution in [0.5, 0.6) is 5.75 Å². The van der Waals surface area contributed by atoms with E-state index < -0.39 is 5.60 Å². The molecule has 128 valence electrons. The molecule has 23 heavy (non-hydrogen) atoms. The van der Waals surface area contributed by atoms with Gasteiger partial charge in [0.05, 0.1) is 6.10 Å². The molecule has 0 radical (unpaired) electrons. The summed E-state index contributed by atoms with van der Waals surface area (Å²) in [5, 5.41) is 3.01. The van der Waals surface area contributed by atoms with Crippen LogP contribution in [0, 0.1) is 0 Å². The summed E-state index contributed by atoms with van der Waals surface area (Å²) in [5.74, 6) is 0.797. The molecule has 0 spiro atoms. The van der Waals surface area contributed by atoms with E-state index >= 15 is 0 Å². The Morgan fingerprint density at radius 1 is 1.17 bits per heavy atom. The monoisotopic (exact) mass is 319 g/mol. The maximum Gasteiger partial charge on any atom is 0.256 e. The van der Waals surface area contributed by atoms with Crippen LogP contribution in [0.2, 0.25) is 0 Å². The van der Waals surface area contributed by atoms with E-state index in [9.17, 15) is 4.79 Å². The molecule has 1 saturated carbocycles. The summed E-state index contributed by atoms with van der Waals surface area (Å²) < 4.78 is 11.4. The largest absolute Gasteiger partial charge is 0.491 e. The minimum absolute atomic E-state index is 0.0301. The first-order chi connectivity index (χ1) is 11.1. The molecule has 0 aromatic heterocycles. The number of carbonyl (C=O) groups excluding carboxylic acids is 1. The van der Waals surface area contributed by atoms with Gasteiger partial charge in [-0.1, -0.05) is 32.6 Å². The second kappa shape index (κ2) is 8.34. The van der Waals surface area contributed by atoms with Gasteiger partial charge in [-0.2, -0.15) is 0 Å². The lowest BCUT2D eigenvalue weighted by atomic mass is 9.93. The molecule has 1 aromatic carbocycles. The number of carbonyl (C=O) groups is 1. The number of nitrogens with one attached hydrogen (secondary N) is 1. The van der Waals surface area contributed by atoms with Crippen molar-refractivity contribution in [2.45, 2.75) is 70.5 Å². The zero-order valence-corrected chi connectivity index (χ0v) is 14.6. The number of hydrogen-bond donors (Lipinski definition) is 1. The number of anilines is 1. The highest BCUT2D eigenvalue weighted by atomic mass is 16.5. The summed E-state index contributed by atoms with van der Waals surface area (Å²) in [7, 11) is 1.65. The van der Waals surface area contributed by atoms with Gasteiger partial charge in [0.1, 0.15) is 11.4 Å². The molecule has 1 aliphatic rings. The van der Waals surface area contributed by atoms with Crippen LogP contribution < -0.4 is 10.1 Å². The number of methoxy groups -OCH3 is 1. The van der Waals surface area contributed by atoms with Gasteiger partial charge < -0.3 is 14.8 Å². The molecule has 2 rings (SSSR count). The molecule has 0 saturated heterocycles. The van der Waals surface area contributed by atoms with Crippen molar-refractivity contribution in [1.29, 1.82) is 0 Å². The van der Waals surface area contributed by atoms with Gasteiger partial charge in [-0.25, -0.2) is 0 Å². The number of hydrogen-bond acceptors (Lipinski definition) is 3. The molecule has 1 aliphatic carbocycles. The van der Waals surface area contributed by atoms with Crippen LogP contribution in [0.3, 0.4) is 0 Å². The van der Waals surface area contributed by atoms with Gasteiger partial charge in [-0.15, -0.1) is 0 Å². The Kier molecular flexibility index (Phi) is 6.46. The highest BCUT2D eigenvalue weighted by Gasteiger charge is 2.38. The van der Waals surface area contributed by atoms with Crippen molar-refractivity contribution >= 4 is 11.6 Å². The van der Waals surface area contributed by atoms with Crippen molar-refractivity contribution in [3.8, 4) is 5.75 Å². The summed E-state index contributed by atoms with van der Waals surface area (Å²) in [6, 6.07) is 7.56. The van der Waals surface area contributed by atoms with Gasteiger partial charge in [-0.05, 0) is 50.5 Å². The topological polar surface area (TPSA) is 47.6 Å². The quantitative estimate of drug-likeness (QED) is 0.783. The van der Waals surface area contributed by atoms with Crippen LogP contribution in [-0.2, 0) is 9.53 Å². The summed E-state index contributed by atoms with van der Waals surface area (Å²) in [5.41, 5.74) is 0.106. The van der Waals surface area contributed by atoms with Crippen molar-refractivity contribution in [2.75, 3.05) is 12.4 Å². The van der Waals surface area contributed by atoms with Crippen LogP contribution >= 0.6 is 0 Å². The Labute approximate surface area is 139 Å². The molecule has 1 aromatic rings. The fourth-order valence-electron chi connectivity index (χ4n) is 3.00. The van der Waals surface area contributed by atoms with E-state index in [1.54, 1.807) is 7.11 Å². The maximum absolute atomic E-state index is 12.7. The van der Waals surface area contributed by atoms with Gasteiger partial charge in [0.15, 0.2) is 0 Å². The average molecular weight is 319 g/mol. The Balaban J connectivity index is 2.01. The lowest BCUT2D eigenvalue weighted by Gasteiger charge is -2.29. The van der Waals surface area contributed by atoms with E-state index in [0.29, 0.717) is 0 Å². The predicted octanol–water partition coefficient (Wildman–Crippen LogP) is 4.54. The standard InChI is InChI=1S/C19H29NO3/c1-4-15(2)23-17-11-9-16(10-12-17)20-18(21)19(22-3)13-7-5-6-8-14-19/h9-12,15H,4-8,13-14H2,1-3H3,(H,20,21)/t15-/m0/s1. The SMILES string of the molecule is CC[C@H](C)Oc1ccc(NC(=O)C2(OC)CCCCCC2)cc1. The molecule has 4 nitrogen and oxygen atoms in total. The van der Waals surface area contributed by atoms with Gasteiger partial charge >= 0.3 is 0 Å². The third kappa shape index (κ3) is 4.71. The smallest absolute Gasteiger partial charge is 0.256 e. The Morgan fingerprint density at radius 2 is 1.78 bits per heavy atom. The highest BCUT2D eigenvalue weighted by Crippen LogP contribution is 2.31. The molecule has 1 atom stereocenters. The molecular formula is C19H29NO3. The minimum Gasteiger partial charge on any atom is -0.491 e. The van der Waals surface area contributed by atoms with Crippen molar-refractivity contribution in [3.05, 3.63) is 24.3 Å². The number of rotatable bonds is 6. The molecule has 0 bridgehead atoms. The zero-order chi connectivity index (χ0) is 16.7. The lowest BCUT2D eigenvalue weighted by molar-refractivity contribution is -0.139. The maximum atomic E-state index is 12.7. The fraction of sp³-hybridized carbons (Fsp3) is 0.632. The van der Waals surface area contributed by atoms with Crippen molar-refractivity contribution in [1.82, 2.24) is 0 Å². The van der Waals surface area contributed by atoms with Crippen molar-refractivity contribution < 1.29 is 14.3 Å². The van der Waals surface area contributed by atoms with E-state index in [2.05, 4.69) is 12.2 Å². The van der Waals surface area contributed by atoms with Crippen LogP contribution in [0.4, 0.5) is 5.69 Å². The van der Waals surface area contributed by atoms with Crippen LogP contribution in [0.15, 0.2) is 24.3 Å². The molecular weight excluding hydrogens is 290 g/mol. The second-order valence-corrected chi connectivity index (χ2v) is 6.43. The summed E-state index contributed by atoms with van der Waals surface area (Å²) in [6.07, 6.45) is 7.20. The Bertz CT molecular complexity index is 490. The number of benzene rings is 1. The van der Waals surface area contributed by atoms with E-state index in [1.807, 2.05) is 31.2 Å². The molecule has 0 unspecified atom stereocenters. The number of amides is 1. The highest BCUT2D eigenvalue weighted by molar-refractivity contribution is 5.97. The van der Waals surface area contributed by atoms with Gasteiger partial charge in [0, 0.05) is 12.8 Å².